The minimum atomic E-state index is -0.833. The van der Waals surface area contributed by atoms with Crippen LogP contribution in [0.1, 0.15) is 66.2 Å². The summed E-state index contributed by atoms with van der Waals surface area (Å²) >= 11 is 0. The summed E-state index contributed by atoms with van der Waals surface area (Å²) in [6, 6.07) is 2.68. The van der Waals surface area contributed by atoms with Crippen molar-refractivity contribution in [1.29, 1.82) is 0 Å². The van der Waals surface area contributed by atoms with Gasteiger partial charge in [0.15, 0.2) is 5.82 Å². The number of nitrogen functional groups attached to an aromatic ring is 1. The summed E-state index contributed by atoms with van der Waals surface area (Å²) in [6.07, 6.45) is 9.35. The van der Waals surface area contributed by atoms with Gasteiger partial charge in [0, 0.05) is 61.2 Å². The van der Waals surface area contributed by atoms with Gasteiger partial charge >= 0.3 is 6.01 Å². The Morgan fingerprint density at radius 2 is 2.08 bits per heavy atom. The first-order valence-electron chi connectivity index (χ1n) is 14.4. The molecule has 5 aliphatic heterocycles. The van der Waals surface area contributed by atoms with E-state index in [1.165, 1.54) is 0 Å². The zero-order chi connectivity index (χ0) is 27.6. The molecule has 4 fully saturated rings. The fourth-order valence-electron chi connectivity index (χ4n) is 7.70. The van der Waals surface area contributed by atoms with Gasteiger partial charge in [0.1, 0.15) is 18.6 Å². The van der Waals surface area contributed by atoms with E-state index >= 15 is 4.39 Å². The molecule has 5 aliphatic rings. The second-order valence-corrected chi connectivity index (χ2v) is 12.2. The van der Waals surface area contributed by atoms with E-state index < -0.39 is 18.1 Å². The fourth-order valence-corrected chi connectivity index (χ4v) is 7.70. The number of nitrogens with two attached hydrogens (primary N) is 1. The lowest BCUT2D eigenvalue weighted by Gasteiger charge is -2.37. The largest absolute Gasteiger partial charge is 0.461 e. The lowest BCUT2D eigenvalue weighted by molar-refractivity contribution is 0.0231. The second-order valence-electron chi connectivity index (χ2n) is 12.2. The third-order valence-electron chi connectivity index (χ3n) is 9.60. The molecule has 1 aromatic carbocycles. The summed E-state index contributed by atoms with van der Waals surface area (Å²) in [7, 11) is 0. The van der Waals surface area contributed by atoms with Gasteiger partial charge in [0.2, 0.25) is 0 Å². The van der Waals surface area contributed by atoms with Gasteiger partial charge in [-0.25, -0.2) is 8.78 Å². The van der Waals surface area contributed by atoms with Crippen molar-refractivity contribution in [2.45, 2.75) is 82.0 Å². The molecule has 0 amide bonds. The fraction of sp³-hybridized carbons (Fsp3) is 0.600. The average Bonchev–Trinajstić information content (AvgIpc) is 3.58. The number of nitrogens with zero attached hydrogens (tertiary/aromatic N) is 4. The Morgan fingerprint density at radius 3 is 2.85 bits per heavy atom. The summed E-state index contributed by atoms with van der Waals surface area (Å²) in [5, 5.41) is 3.67. The molecule has 1 aromatic heterocycles. The van der Waals surface area contributed by atoms with Crippen LogP contribution in [-0.4, -0.2) is 71.4 Å². The van der Waals surface area contributed by atoms with Gasteiger partial charge in [0.05, 0.1) is 29.6 Å². The number of fused-ring (bicyclic) bond motifs is 4. The molecule has 0 aliphatic carbocycles. The number of piperazine rings is 1. The molecule has 0 saturated carbocycles. The van der Waals surface area contributed by atoms with E-state index in [2.05, 4.69) is 21.0 Å². The number of rotatable bonds is 5. The zero-order valence-corrected chi connectivity index (χ0v) is 22.9. The lowest BCUT2D eigenvalue weighted by Crippen LogP contribution is -2.52. The molecule has 0 spiro atoms. The molecule has 3 N–H and O–H groups in total. The van der Waals surface area contributed by atoms with Crippen molar-refractivity contribution in [3.63, 3.8) is 0 Å². The van der Waals surface area contributed by atoms with Crippen LogP contribution in [-0.2, 0) is 17.8 Å². The molecule has 6 heterocycles. The van der Waals surface area contributed by atoms with Crippen LogP contribution in [0, 0.1) is 25.1 Å². The van der Waals surface area contributed by atoms with Crippen LogP contribution in [0.25, 0.3) is 0 Å². The first-order chi connectivity index (χ1) is 19.3. The normalized spacial score (nSPS) is 31.2. The maximum atomic E-state index is 15.4. The SMILES string of the molecule is C#Cc1c(C)cc(N)c(F)c1C1Cc2nc(OCC34CCCN3CC(F)C4)nc(N3CC4CCC(C3)N4)c2CO1. The number of nitrogens with one attached hydrogen (secondary N) is 1. The Balaban J connectivity index is 1.24. The summed E-state index contributed by atoms with van der Waals surface area (Å²) in [6.45, 7) is 5.45. The zero-order valence-electron chi connectivity index (χ0n) is 22.9. The number of aryl methyl sites for hydroxylation is 1. The van der Waals surface area contributed by atoms with Gasteiger partial charge in [-0.1, -0.05) is 5.92 Å². The summed E-state index contributed by atoms with van der Waals surface area (Å²) in [5.74, 6) is 2.91. The first kappa shape index (κ1) is 25.9. The number of anilines is 2. The lowest BCUT2D eigenvalue weighted by atomic mass is 9.92. The molecule has 2 bridgehead atoms. The summed E-state index contributed by atoms with van der Waals surface area (Å²) in [5.41, 5.74) is 8.90. The van der Waals surface area contributed by atoms with Gasteiger partial charge in [-0.05, 0) is 50.8 Å². The van der Waals surface area contributed by atoms with Crippen molar-refractivity contribution in [3.05, 3.63) is 39.8 Å². The molecule has 10 heteroatoms. The van der Waals surface area contributed by atoms with Crippen molar-refractivity contribution >= 4 is 11.5 Å². The van der Waals surface area contributed by atoms with Crippen molar-refractivity contribution in [2.75, 3.05) is 43.4 Å². The number of aromatic nitrogens is 2. The maximum Gasteiger partial charge on any atom is 0.318 e. The topological polar surface area (TPSA) is 88.8 Å². The van der Waals surface area contributed by atoms with Crippen molar-refractivity contribution in [3.8, 4) is 18.4 Å². The highest BCUT2D eigenvalue weighted by molar-refractivity contribution is 5.58. The van der Waals surface area contributed by atoms with E-state index in [1.54, 1.807) is 6.07 Å². The van der Waals surface area contributed by atoms with Crippen LogP contribution in [0.3, 0.4) is 0 Å². The van der Waals surface area contributed by atoms with Gasteiger partial charge in [-0.3, -0.25) is 4.90 Å². The second kappa shape index (κ2) is 9.82. The molecular weight excluding hydrogens is 514 g/mol. The Kier molecular flexibility index (Phi) is 6.37. The highest BCUT2D eigenvalue weighted by Gasteiger charge is 2.49. The maximum absolute atomic E-state index is 15.4. The number of terminal acetylenes is 1. The van der Waals surface area contributed by atoms with Crippen LogP contribution < -0.4 is 20.7 Å². The molecule has 8 nitrogen and oxygen atoms in total. The third kappa shape index (κ3) is 4.30. The molecular formula is C30H36F2N6O2. The van der Waals surface area contributed by atoms with E-state index in [0.717, 1.165) is 68.0 Å². The molecule has 5 atom stereocenters. The molecule has 40 heavy (non-hydrogen) atoms. The van der Waals surface area contributed by atoms with Crippen molar-refractivity contribution in [1.82, 2.24) is 20.2 Å². The molecule has 4 saturated heterocycles. The van der Waals surface area contributed by atoms with Crippen LogP contribution in [0.15, 0.2) is 6.07 Å². The molecule has 2 aromatic rings. The van der Waals surface area contributed by atoms with Crippen LogP contribution in [0.5, 0.6) is 6.01 Å². The quantitative estimate of drug-likeness (QED) is 0.434. The van der Waals surface area contributed by atoms with E-state index in [4.69, 9.17) is 31.6 Å². The van der Waals surface area contributed by atoms with Gasteiger partial charge in [-0.2, -0.15) is 9.97 Å². The molecule has 5 unspecified atom stereocenters. The highest BCUT2D eigenvalue weighted by Crippen LogP contribution is 2.42. The number of hydrogen-bond acceptors (Lipinski definition) is 8. The predicted octanol–water partition coefficient (Wildman–Crippen LogP) is 3.20. The summed E-state index contributed by atoms with van der Waals surface area (Å²) < 4.78 is 42.3. The Hall–Kier alpha value is -3.00. The minimum absolute atomic E-state index is 0.0488. The molecule has 7 rings (SSSR count). The highest BCUT2D eigenvalue weighted by atomic mass is 19.1. The van der Waals surface area contributed by atoms with Crippen LogP contribution >= 0.6 is 0 Å². The van der Waals surface area contributed by atoms with Crippen LogP contribution in [0.2, 0.25) is 0 Å². The minimum Gasteiger partial charge on any atom is -0.461 e. The van der Waals surface area contributed by atoms with Gasteiger partial charge in [-0.15, -0.1) is 6.42 Å². The summed E-state index contributed by atoms with van der Waals surface area (Å²) in [4.78, 5) is 14.3. The molecule has 0 radical (unpaired) electrons. The Labute approximate surface area is 233 Å². The van der Waals surface area contributed by atoms with E-state index in [9.17, 15) is 4.39 Å². The monoisotopic (exact) mass is 550 g/mol. The number of benzene rings is 1. The Morgan fingerprint density at radius 1 is 1.27 bits per heavy atom. The number of halogens is 2. The average molecular weight is 551 g/mol. The van der Waals surface area contributed by atoms with Gasteiger partial charge < -0.3 is 25.4 Å². The Bertz CT molecular complexity index is 1370. The third-order valence-corrected chi connectivity index (χ3v) is 9.60. The first-order valence-corrected chi connectivity index (χ1v) is 14.4. The van der Waals surface area contributed by atoms with E-state index in [1.807, 2.05) is 6.92 Å². The predicted molar refractivity (Wildman–Crippen MR) is 147 cm³/mol. The number of hydrogen-bond donors (Lipinski definition) is 2. The van der Waals surface area contributed by atoms with E-state index in [-0.39, 0.29) is 23.8 Å². The number of ether oxygens (including phenoxy) is 2. The van der Waals surface area contributed by atoms with Crippen molar-refractivity contribution in [2.24, 2.45) is 0 Å². The smallest absolute Gasteiger partial charge is 0.318 e. The van der Waals surface area contributed by atoms with Gasteiger partial charge in [0.25, 0.3) is 0 Å². The molecule has 212 valence electrons. The van der Waals surface area contributed by atoms with Crippen molar-refractivity contribution < 1.29 is 18.3 Å². The standard InChI is InChI=1S/C30H36F2N6O2/c1-3-21-17(2)9-23(33)27(32)26(21)25-10-24-22(15-39-25)28(37-13-19-5-6-20(14-37)34-19)36-29(35-24)40-16-30-7-4-8-38(30)12-18(31)11-30/h1,9,18-20,25,34H,4-8,10-16,33H2,2H3. The van der Waals surface area contributed by atoms with Crippen LogP contribution in [0.4, 0.5) is 20.3 Å². The number of alkyl halides is 1. The van der Waals surface area contributed by atoms with E-state index in [0.29, 0.717) is 49.2 Å².